The summed E-state index contributed by atoms with van der Waals surface area (Å²) in [6.45, 7) is 9.45. The third kappa shape index (κ3) is 9.27. The molecule has 66 heavy (non-hydrogen) atoms. The summed E-state index contributed by atoms with van der Waals surface area (Å²) in [6, 6.07) is 15.6. The highest BCUT2D eigenvalue weighted by molar-refractivity contribution is 7.13. The van der Waals surface area contributed by atoms with Gasteiger partial charge in [0.1, 0.15) is 17.8 Å². The summed E-state index contributed by atoms with van der Waals surface area (Å²) in [5.41, 5.74) is 13.5. The van der Waals surface area contributed by atoms with Crippen LogP contribution in [-0.4, -0.2) is 108 Å². The van der Waals surface area contributed by atoms with Crippen molar-refractivity contribution in [3.8, 4) is 27.4 Å². The van der Waals surface area contributed by atoms with Gasteiger partial charge in [0, 0.05) is 68.6 Å². The molecular formula is C49H59N11O5S. The molecule has 346 valence electrons. The van der Waals surface area contributed by atoms with Gasteiger partial charge in [-0.2, -0.15) is 0 Å². The summed E-state index contributed by atoms with van der Waals surface area (Å²) in [6.07, 6.45) is 8.06. The fourth-order valence-corrected chi connectivity index (χ4v) is 11.1. The molecule has 2 aromatic carbocycles. The van der Waals surface area contributed by atoms with Crippen molar-refractivity contribution in [1.29, 1.82) is 0 Å². The first-order chi connectivity index (χ1) is 31.7. The topological polar surface area (TPSA) is 216 Å². The highest BCUT2D eigenvalue weighted by atomic mass is 32.1. The normalized spacial score (nSPS) is 23.4. The van der Waals surface area contributed by atoms with Crippen LogP contribution < -0.4 is 26.2 Å². The van der Waals surface area contributed by atoms with E-state index in [0.717, 1.165) is 71.7 Å². The lowest BCUT2D eigenvalue weighted by atomic mass is 9.78. The molecule has 4 aliphatic rings. The van der Waals surface area contributed by atoms with Crippen molar-refractivity contribution in [3.63, 3.8) is 0 Å². The van der Waals surface area contributed by atoms with E-state index >= 15 is 0 Å². The number of para-hydroxylation sites is 1. The standard InChI is InChI=1S/C49H59N11O5S/c1-28-42(66-27-54-28)31-11-9-29(10-12-31)21-51-46(64)40-19-36(61)26-59(40)47(65)43(49(2,3)4)55-45(63)32-15-13-30(14-16-32)33-22-52-48(53-23-33)60-34-17-18-35(60)25-58(24-34)39-20-38(56-57-44(39)50)37-7-5-6-8-41(37)62/h5-12,20,22-23,27,30,32,34-36,40,43,61-62H,13-19,21,24-26H2,1-4H3,(H2,50,57)(H,51,64)(H,55,63)/t30-,32-,34?,35?,36-,40+,43-/m1/s1. The van der Waals surface area contributed by atoms with Gasteiger partial charge in [0.25, 0.3) is 0 Å². The minimum absolute atomic E-state index is 0.0207. The Morgan fingerprint density at radius 3 is 2.24 bits per heavy atom. The maximum atomic E-state index is 14.3. The van der Waals surface area contributed by atoms with E-state index in [1.54, 1.807) is 23.5 Å². The number of nitrogens with one attached hydrogen (secondary N) is 2. The Kier molecular flexibility index (Phi) is 12.7. The number of nitrogens with two attached hydrogens (primary N) is 1. The summed E-state index contributed by atoms with van der Waals surface area (Å²) in [4.78, 5) is 63.1. The number of amides is 3. The second kappa shape index (κ2) is 18.6. The number of hydrogen-bond acceptors (Lipinski definition) is 14. The predicted molar refractivity (Wildman–Crippen MR) is 253 cm³/mol. The fourth-order valence-electron chi connectivity index (χ4n) is 10.3. The third-order valence-corrected chi connectivity index (χ3v) is 14.9. The molecular weight excluding hydrogens is 855 g/mol. The van der Waals surface area contributed by atoms with Crippen molar-refractivity contribution in [2.24, 2.45) is 11.3 Å². The van der Waals surface area contributed by atoms with Crippen LogP contribution in [0, 0.1) is 18.3 Å². The number of carbonyl (C=O) groups excluding carboxylic acids is 3. The molecule has 5 atom stereocenters. The van der Waals surface area contributed by atoms with Gasteiger partial charge in [-0.05, 0) is 91.7 Å². The first-order valence-electron chi connectivity index (χ1n) is 23.0. The molecule has 3 amide bonds. The van der Waals surface area contributed by atoms with Crippen LogP contribution in [0.15, 0.2) is 72.5 Å². The van der Waals surface area contributed by atoms with Gasteiger partial charge < -0.3 is 41.3 Å². The maximum absolute atomic E-state index is 14.3. The van der Waals surface area contributed by atoms with Gasteiger partial charge in [-0.1, -0.05) is 57.2 Å². The van der Waals surface area contributed by atoms with E-state index in [9.17, 15) is 24.6 Å². The molecule has 0 radical (unpaired) electrons. The monoisotopic (exact) mass is 913 g/mol. The van der Waals surface area contributed by atoms with Gasteiger partial charge >= 0.3 is 0 Å². The number of piperazine rings is 1. The zero-order chi connectivity index (χ0) is 46.3. The number of rotatable bonds is 11. The fraction of sp³-hybridized carbons (Fsp3) is 0.469. The van der Waals surface area contributed by atoms with Crippen molar-refractivity contribution >= 4 is 46.5 Å². The van der Waals surface area contributed by atoms with Crippen LogP contribution in [0.3, 0.4) is 0 Å². The molecule has 0 spiro atoms. The van der Waals surface area contributed by atoms with E-state index in [4.69, 9.17) is 15.7 Å². The molecule has 17 heteroatoms. The van der Waals surface area contributed by atoms with Crippen LogP contribution in [0.25, 0.3) is 21.7 Å². The number of hydrogen-bond donors (Lipinski definition) is 5. The number of nitrogens with zero attached hydrogens (tertiary/aromatic N) is 8. The highest BCUT2D eigenvalue weighted by Crippen LogP contribution is 2.40. The van der Waals surface area contributed by atoms with Gasteiger partial charge in [0.15, 0.2) is 5.82 Å². The number of aromatic nitrogens is 5. The van der Waals surface area contributed by atoms with E-state index in [1.165, 1.54) is 4.90 Å². The Bertz CT molecular complexity index is 2540. The minimum Gasteiger partial charge on any atom is -0.507 e. The number of benzene rings is 2. The smallest absolute Gasteiger partial charge is 0.246 e. The van der Waals surface area contributed by atoms with E-state index in [-0.39, 0.29) is 66.9 Å². The number of anilines is 3. The van der Waals surface area contributed by atoms with Gasteiger partial charge in [-0.15, -0.1) is 21.5 Å². The lowest BCUT2D eigenvalue weighted by molar-refractivity contribution is -0.144. The molecule has 2 bridgehead atoms. The minimum atomic E-state index is -0.885. The Morgan fingerprint density at radius 2 is 1.59 bits per heavy atom. The van der Waals surface area contributed by atoms with E-state index in [2.05, 4.69) is 35.6 Å². The van der Waals surface area contributed by atoms with Crippen LogP contribution in [0.4, 0.5) is 17.5 Å². The van der Waals surface area contributed by atoms with Crippen molar-refractivity contribution < 1.29 is 24.6 Å². The number of aryl methyl sites for hydroxylation is 1. The van der Waals surface area contributed by atoms with E-state index < -0.39 is 23.6 Å². The quantitative estimate of drug-likeness (QED) is 0.109. The zero-order valence-corrected chi connectivity index (χ0v) is 38.7. The average Bonchev–Trinajstić information content (AvgIpc) is 4.01. The Labute approximate surface area is 389 Å². The van der Waals surface area contributed by atoms with Crippen LogP contribution >= 0.6 is 11.3 Å². The lowest BCUT2D eigenvalue weighted by Crippen LogP contribution is -2.58. The average molecular weight is 914 g/mol. The van der Waals surface area contributed by atoms with Crippen LogP contribution in [-0.2, 0) is 20.9 Å². The number of aliphatic hydroxyl groups excluding tert-OH is 1. The summed E-state index contributed by atoms with van der Waals surface area (Å²) in [5, 5.41) is 35.7. The van der Waals surface area contributed by atoms with Gasteiger partial charge in [-0.25, -0.2) is 15.0 Å². The Hall–Kier alpha value is -6.20. The number of nitrogen functional groups attached to an aromatic ring is 1. The van der Waals surface area contributed by atoms with Crippen LogP contribution in [0.5, 0.6) is 5.75 Å². The lowest BCUT2D eigenvalue weighted by Gasteiger charge is -2.42. The summed E-state index contributed by atoms with van der Waals surface area (Å²) in [5.74, 6) is 0.284. The molecule has 3 aromatic heterocycles. The summed E-state index contributed by atoms with van der Waals surface area (Å²) >= 11 is 1.58. The van der Waals surface area contributed by atoms with Gasteiger partial charge in [0.2, 0.25) is 23.7 Å². The molecule has 1 saturated carbocycles. The van der Waals surface area contributed by atoms with E-state index in [0.29, 0.717) is 35.9 Å². The molecule has 3 saturated heterocycles. The molecule has 4 fully saturated rings. The number of aliphatic hydroxyl groups is 1. The van der Waals surface area contributed by atoms with Crippen molar-refractivity contribution in [1.82, 2.24) is 40.7 Å². The number of likely N-dealkylation sites (tertiary alicyclic amines) is 1. The van der Waals surface area contributed by atoms with Crippen molar-refractivity contribution in [2.75, 3.05) is 35.2 Å². The molecule has 1 aliphatic carbocycles. The molecule has 3 aliphatic heterocycles. The number of fused-ring (bicyclic) bond motifs is 2. The SMILES string of the molecule is Cc1ncsc1-c1ccc(CNC(=O)[C@@H]2C[C@@H](O)CN2C(=O)[C@@H](NC(=O)[C@H]2CC[C@H](c3cnc(N4C5CCC4CN(c4cc(-c6ccccc6O)nnc4N)C5)nc3)CC2)C(C)(C)C)cc1. The summed E-state index contributed by atoms with van der Waals surface area (Å²) in [7, 11) is 0. The van der Waals surface area contributed by atoms with Gasteiger partial charge in [-0.3, -0.25) is 14.4 Å². The molecule has 5 aromatic rings. The number of carbonyl (C=O) groups is 3. The molecule has 9 rings (SSSR count). The third-order valence-electron chi connectivity index (χ3n) is 14.0. The molecule has 6 N–H and O–H groups in total. The molecule has 16 nitrogen and oxygen atoms in total. The van der Waals surface area contributed by atoms with Crippen LogP contribution in [0.1, 0.15) is 88.5 Å². The summed E-state index contributed by atoms with van der Waals surface area (Å²) < 4.78 is 0. The van der Waals surface area contributed by atoms with Gasteiger partial charge in [0.05, 0.1) is 33.6 Å². The molecule has 6 heterocycles. The second-order valence-corrected chi connectivity index (χ2v) is 20.3. The first kappa shape index (κ1) is 45.0. The number of phenols is 1. The largest absolute Gasteiger partial charge is 0.507 e. The Balaban J connectivity index is 0.781. The number of aromatic hydroxyl groups is 1. The Morgan fingerprint density at radius 1 is 0.894 bits per heavy atom. The van der Waals surface area contributed by atoms with Crippen molar-refractivity contribution in [3.05, 3.63) is 89.3 Å². The zero-order valence-electron chi connectivity index (χ0n) is 37.9. The van der Waals surface area contributed by atoms with Crippen LogP contribution in [0.2, 0.25) is 0 Å². The number of thiazole rings is 1. The maximum Gasteiger partial charge on any atom is 0.246 e. The molecule has 2 unspecified atom stereocenters. The predicted octanol–water partition coefficient (Wildman–Crippen LogP) is 5.59. The first-order valence-corrected chi connectivity index (χ1v) is 23.9. The van der Waals surface area contributed by atoms with Crippen molar-refractivity contribution in [2.45, 2.75) is 115 Å². The number of phenolic OH excluding ortho intramolecular Hbond substituents is 1. The second-order valence-electron chi connectivity index (χ2n) is 19.5. The van der Waals surface area contributed by atoms with E-state index in [1.807, 2.05) is 88.1 Å². The highest BCUT2D eigenvalue weighted by Gasteiger charge is 2.46. The number of β-amino-alcohol motifs (C(OH)–C–C–N with tert-alkyl or cyclic N) is 1.